The number of hydrogen-bond acceptors (Lipinski definition) is 3. The normalized spacial score (nSPS) is 10.4. The molecule has 0 atom stereocenters. The molecule has 0 saturated heterocycles. The minimum Gasteiger partial charge on any atom is -0.496 e. The number of benzene rings is 2. The highest BCUT2D eigenvalue weighted by molar-refractivity contribution is 7.98. The maximum atomic E-state index is 13.3. The van der Waals surface area contributed by atoms with Gasteiger partial charge in [-0.3, -0.25) is 0 Å². The second kappa shape index (κ2) is 6.83. The minimum absolute atomic E-state index is 0.0490. The summed E-state index contributed by atoms with van der Waals surface area (Å²) in [7, 11) is 1.52. The molecular weight excluding hydrogens is 315 g/mol. The van der Waals surface area contributed by atoms with Crippen LogP contribution in [0.4, 0.5) is 4.39 Å². The Bertz CT molecular complexity index is 676. The molecule has 0 aliphatic carbocycles. The number of methoxy groups -OCH3 is 1. The van der Waals surface area contributed by atoms with E-state index in [9.17, 15) is 9.18 Å². The summed E-state index contributed by atoms with van der Waals surface area (Å²) in [6, 6.07) is 9.07. The van der Waals surface area contributed by atoms with Crippen molar-refractivity contribution in [3.05, 3.63) is 58.4 Å². The topological polar surface area (TPSA) is 46.5 Å². The Morgan fingerprint density at radius 3 is 2.76 bits per heavy atom. The van der Waals surface area contributed by atoms with E-state index in [1.54, 1.807) is 12.1 Å². The number of halogens is 2. The number of carboxylic acids is 1. The molecule has 0 bridgehead atoms. The van der Waals surface area contributed by atoms with Gasteiger partial charge in [0.25, 0.3) is 0 Å². The molecule has 3 nitrogen and oxygen atoms in total. The highest BCUT2D eigenvalue weighted by Gasteiger charge is 2.11. The zero-order valence-corrected chi connectivity index (χ0v) is 12.7. The first-order valence-electron chi connectivity index (χ1n) is 5.99. The minimum atomic E-state index is -1.08. The van der Waals surface area contributed by atoms with E-state index in [1.165, 1.54) is 43.1 Å². The molecule has 21 heavy (non-hydrogen) atoms. The zero-order valence-electron chi connectivity index (χ0n) is 11.1. The van der Waals surface area contributed by atoms with Crippen molar-refractivity contribution in [2.24, 2.45) is 0 Å². The molecule has 0 radical (unpaired) electrons. The quantitative estimate of drug-likeness (QED) is 0.823. The van der Waals surface area contributed by atoms with Crippen LogP contribution in [0.5, 0.6) is 5.75 Å². The second-order valence-electron chi connectivity index (χ2n) is 4.19. The molecule has 0 unspecified atom stereocenters. The summed E-state index contributed by atoms with van der Waals surface area (Å²) >= 11 is 7.20. The maximum absolute atomic E-state index is 13.3. The summed E-state index contributed by atoms with van der Waals surface area (Å²) < 4.78 is 18.4. The van der Waals surface area contributed by atoms with Crippen molar-refractivity contribution >= 4 is 29.3 Å². The van der Waals surface area contributed by atoms with Crippen molar-refractivity contribution in [2.45, 2.75) is 10.6 Å². The molecule has 1 N–H and O–H groups in total. The molecule has 6 heteroatoms. The van der Waals surface area contributed by atoms with Crippen LogP contribution in [0.25, 0.3) is 0 Å². The number of carbonyl (C=O) groups is 1. The first-order chi connectivity index (χ1) is 10.0. The molecule has 110 valence electrons. The van der Waals surface area contributed by atoms with E-state index in [-0.39, 0.29) is 16.4 Å². The molecule has 0 aromatic heterocycles. The van der Waals surface area contributed by atoms with Crippen molar-refractivity contribution in [2.75, 3.05) is 7.11 Å². The van der Waals surface area contributed by atoms with Crippen molar-refractivity contribution in [3.8, 4) is 5.75 Å². The van der Waals surface area contributed by atoms with E-state index in [4.69, 9.17) is 21.4 Å². The molecule has 0 amide bonds. The Hall–Kier alpha value is -1.72. The van der Waals surface area contributed by atoms with Crippen LogP contribution in [-0.4, -0.2) is 18.2 Å². The fourth-order valence-corrected chi connectivity index (χ4v) is 2.89. The SMILES string of the molecule is COc1ccc(F)cc1CSc1ccc(Cl)c(C(=O)O)c1. The largest absolute Gasteiger partial charge is 0.496 e. The van der Waals surface area contributed by atoms with Gasteiger partial charge in [0.2, 0.25) is 0 Å². The van der Waals surface area contributed by atoms with Crippen LogP contribution in [0.3, 0.4) is 0 Å². The van der Waals surface area contributed by atoms with Crippen molar-refractivity contribution < 1.29 is 19.0 Å². The van der Waals surface area contributed by atoms with Gasteiger partial charge in [-0.05, 0) is 36.4 Å². The van der Waals surface area contributed by atoms with E-state index < -0.39 is 5.97 Å². The molecular formula is C15H12ClFO3S. The highest BCUT2D eigenvalue weighted by Crippen LogP contribution is 2.30. The molecule has 2 rings (SSSR count). The average Bonchev–Trinajstić information content (AvgIpc) is 2.46. The molecule has 2 aromatic carbocycles. The molecule has 0 spiro atoms. The first-order valence-corrected chi connectivity index (χ1v) is 7.35. The standard InChI is InChI=1S/C15H12ClFO3S/c1-20-14-5-2-10(17)6-9(14)8-21-11-3-4-13(16)12(7-11)15(18)19/h2-7H,8H2,1H3,(H,18,19). The molecule has 0 fully saturated rings. The van der Waals surface area contributed by atoms with Crippen LogP contribution < -0.4 is 4.74 Å². The van der Waals surface area contributed by atoms with Gasteiger partial charge in [-0.1, -0.05) is 11.6 Å². The summed E-state index contributed by atoms with van der Waals surface area (Å²) in [4.78, 5) is 11.8. The molecule has 0 aliphatic heterocycles. The fraction of sp³-hybridized carbons (Fsp3) is 0.133. The lowest BCUT2D eigenvalue weighted by molar-refractivity contribution is 0.0697. The van der Waals surface area contributed by atoms with E-state index >= 15 is 0 Å². The van der Waals surface area contributed by atoms with Crippen LogP contribution >= 0.6 is 23.4 Å². The average molecular weight is 327 g/mol. The van der Waals surface area contributed by atoms with Gasteiger partial charge in [0.15, 0.2) is 0 Å². The lowest BCUT2D eigenvalue weighted by Gasteiger charge is -2.09. The van der Waals surface area contributed by atoms with Gasteiger partial charge >= 0.3 is 5.97 Å². The van der Waals surface area contributed by atoms with Crippen LogP contribution in [0, 0.1) is 5.82 Å². The van der Waals surface area contributed by atoms with Crippen LogP contribution in [-0.2, 0) is 5.75 Å². The van der Waals surface area contributed by atoms with Crippen LogP contribution in [0.2, 0.25) is 5.02 Å². The Balaban J connectivity index is 2.19. The van der Waals surface area contributed by atoms with Crippen molar-refractivity contribution in [3.63, 3.8) is 0 Å². The number of carboxylic acid groups (broad SMARTS) is 1. The smallest absolute Gasteiger partial charge is 0.337 e. The number of hydrogen-bond donors (Lipinski definition) is 1. The van der Waals surface area contributed by atoms with Crippen LogP contribution in [0.1, 0.15) is 15.9 Å². The number of rotatable bonds is 5. The summed E-state index contributed by atoms with van der Waals surface area (Å²) in [5.74, 6) is -0.363. The van der Waals surface area contributed by atoms with Crippen molar-refractivity contribution in [1.29, 1.82) is 0 Å². The Labute approximate surface area is 130 Å². The highest BCUT2D eigenvalue weighted by atomic mass is 35.5. The monoisotopic (exact) mass is 326 g/mol. The number of aromatic carboxylic acids is 1. The summed E-state index contributed by atoms with van der Waals surface area (Å²) in [5, 5.41) is 9.22. The van der Waals surface area contributed by atoms with E-state index in [0.29, 0.717) is 17.1 Å². The Kier molecular flexibility index (Phi) is 5.09. The van der Waals surface area contributed by atoms with E-state index in [2.05, 4.69) is 0 Å². The van der Waals surface area contributed by atoms with E-state index in [0.717, 1.165) is 4.90 Å². The Morgan fingerprint density at radius 2 is 2.10 bits per heavy atom. The fourth-order valence-electron chi connectivity index (χ4n) is 1.78. The molecule has 0 aliphatic rings. The predicted molar refractivity (Wildman–Crippen MR) is 80.9 cm³/mol. The van der Waals surface area contributed by atoms with Gasteiger partial charge in [0.05, 0.1) is 17.7 Å². The van der Waals surface area contributed by atoms with Gasteiger partial charge in [-0.15, -0.1) is 11.8 Å². The van der Waals surface area contributed by atoms with Gasteiger partial charge in [-0.2, -0.15) is 0 Å². The van der Waals surface area contributed by atoms with Gasteiger partial charge in [0.1, 0.15) is 11.6 Å². The van der Waals surface area contributed by atoms with Gasteiger partial charge in [-0.25, -0.2) is 9.18 Å². The Morgan fingerprint density at radius 1 is 1.33 bits per heavy atom. The number of ether oxygens (including phenoxy) is 1. The van der Waals surface area contributed by atoms with Crippen molar-refractivity contribution in [1.82, 2.24) is 0 Å². The predicted octanol–water partition coefficient (Wildman–Crippen LogP) is 4.48. The summed E-state index contributed by atoms with van der Waals surface area (Å²) in [6.45, 7) is 0. The lowest BCUT2D eigenvalue weighted by Crippen LogP contribution is -1.97. The maximum Gasteiger partial charge on any atom is 0.337 e. The van der Waals surface area contributed by atoms with Gasteiger partial charge < -0.3 is 9.84 Å². The third-order valence-corrected chi connectivity index (χ3v) is 4.18. The van der Waals surface area contributed by atoms with E-state index in [1.807, 2.05) is 0 Å². The third kappa shape index (κ3) is 3.89. The zero-order chi connectivity index (χ0) is 15.4. The molecule has 0 saturated carbocycles. The lowest BCUT2D eigenvalue weighted by atomic mass is 10.2. The molecule has 0 heterocycles. The van der Waals surface area contributed by atoms with Gasteiger partial charge in [0, 0.05) is 16.2 Å². The third-order valence-electron chi connectivity index (χ3n) is 2.81. The molecule has 2 aromatic rings. The second-order valence-corrected chi connectivity index (χ2v) is 5.65. The number of thioether (sulfide) groups is 1. The van der Waals surface area contributed by atoms with Crippen LogP contribution in [0.15, 0.2) is 41.3 Å². The summed E-state index contributed by atoms with van der Waals surface area (Å²) in [5.41, 5.74) is 0.752. The summed E-state index contributed by atoms with van der Waals surface area (Å²) in [6.07, 6.45) is 0. The first kappa shape index (κ1) is 15.7.